The summed E-state index contributed by atoms with van der Waals surface area (Å²) >= 11 is 0. The summed E-state index contributed by atoms with van der Waals surface area (Å²) in [4.78, 5) is 13.9. The normalized spacial score (nSPS) is 19.3. The molecular weight excluding hydrogens is 286 g/mol. The molecule has 1 aliphatic heterocycles. The Morgan fingerprint density at radius 2 is 1.86 bits per heavy atom. The van der Waals surface area contributed by atoms with Gasteiger partial charge in [0.2, 0.25) is 0 Å². The second-order valence-electron chi connectivity index (χ2n) is 6.67. The van der Waals surface area contributed by atoms with Gasteiger partial charge in [0.05, 0.1) is 26.4 Å². The van der Waals surface area contributed by atoms with Crippen molar-refractivity contribution in [3.8, 4) is 0 Å². The molecule has 0 spiro atoms. The minimum Gasteiger partial charge on any atom is -0.444 e. The summed E-state index contributed by atoms with van der Waals surface area (Å²) in [6.45, 7) is 9.32. The molecule has 0 unspecified atom stereocenters. The highest BCUT2D eigenvalue weighted by atomic mass is 16.6. The fourth-order valence-corrected chi connectivity index (χ4v) is 2.43. The number of rotatable bonds is 8. The number of amides is 1. The lowest BCUT2D eigenvalue weighted by Gasteiger charge is -2.34. The van der Waals surface area contributed by atoms with Crippen LogP contribution < -0.4 is 0 Å². The molecule has 0 radical (unpaired) electrons. The third kappa shape index (κ3) is 8.56. The van der Waals surface area contributed by atoms with Crippen molar-refractivity contribution in [3.05, 3.63) is 0 Å². The van der Waals surface area contributed by atoms with E-state index in [0.29, 0.717) is 32.3 Å². The van der Waals surface area contributed by atoms with Gasteiger partial charge in [-0.15, -0.1) is 0 Å². The van der Waals surface area contributed by atoms with Crippen molar-refractivity contribution in [2.24, 2.45) is 5.92 Å². The molecule has 1 rings (SSSR count). The number of hydrogen-bond donors (Lipinski definition) is 1. The summed E-state index contributed by atoms with van der Waals surface area (Å²) < 4.78 is 16.1. The molecule has 1 fully saturated rings. The highest BCUT2D eigenvalue weighted by Gasteiger charge is 2.27. The van der Waals surface area contributed by atoms with Gasteiger partial charge in [-0.05, 0) is 46.0 Å². The van der Waals surface area contributed by atoms with Crippen LogP contribution in [0.4, 0.5) is 4.79 Å². The average Bonchev–Trinajstić information content (AvgIpc) is 2.45. The Labute approximate surface area is 133 Å². The summed E-state index contributed by atoms with van der Waals surface area (Å²) in [7, 11) is 0. The molecule has 0 aromatic heterocycles. The molecule has 1 atom stereocenters. The van der Waals surface area contributed by atoms with Crippen LogP contribution in [0.25, 0.3) is 0 Å². The van der Waals surface area contributed by atoms with Gasteiger partial charge in [0.15, 0.2) is 0 Å². The topological polar surface area (TPSA) is 68.2 Å². The first kappa shape index (κ1) is 19.2. The SMILES string of the molecule is CC(C)(C)OC(=O)N1CCC[C@@H](CCOCCOCCO)C1. The van der Waals surface area contributed by atoms with Gasteiger partial charge in [-0.25, -0.2) is 4.79 Å². The van der Waals surface area contributed by atoms with Crippen LogP contribution in [0, 0.1) is 5.92 Å². The van der Waals surface area contributed by atoms with E-state index < -0.39 is 5.60 Å². The molecule has 130 valence electrons. The van der Waals surface area contributed by atoms with Crippen molar-refractivity contribution in [1.29, 1.82) is 0 Å². The Morgan fingerprint density at radius 1 is 1.18 bits per heavy atom. The second kappa shape index (κ2) is 10.0. The summed E-state index contributed by atoms with van der Waals surface area (Å²) in [6, 6.07) is 0. The molecular formula is C16H31NO5. The molecule has 22 heavy (non-hydrogen) atoms. The van der Waals surface area contributed by atoms with E-state index in [1.807, 2.05) is 25.7 Å². The maximum atomic E-state index is 12.1. The molecule has 1 N–H and O–H groups in total. The number of ether oxygens (including phenoxy) is 3. The minimum atomic E-state index is -0.443. The van der Waals surface area contributed by atoms with Gasteiger partial charge in [0.1, 0.15) is 5.60 Å². The summed E-state index contributed by atoms with van der Waals surface area (Å²) in [5, 5.41) is 8.57. The van der Waals surface area contributed by atoms with E-state index in [1.165, 1.54) is 0 Å². The average molecular weight is 317 g/mol. The predicted octanol–water partition coefficient (Wildman–Crippen LogP) is 2.05. The van der Waals surface area contributed by atoms with Gasteiger partial charge >= 0.3 is 6.09 Å². The number of carbonyl (C=O) groups excluding carboxylic acids is 1. The Balaban J connectivity index is 2.16. The fourth-order valence-electron chi connectivity index (χ4n) is 2.43. The van der Waals surface area contributed by atoms with Gasteiger partial charge in [0.25, 0.3) is 0 Å². The van der Waals surface area contributed by atoms with Crippen LogP contribution in [-0.4, -0.2) is 67.8 Å². The molecule has 1 amide bonds. The first-order valence-electron chi connectivity index (χ1n) is 8.16. The minimum absolute atomic E-state index is 0.0442. The zero-order chi connectivity index (χ0) is 16.4. The second-order valence-corrected chi connectivity index (χ2v) is 6.67. The number of aliphatic hydroxyl groups is 1. The van der Waals surface area contributed by atoms with E-state index in [4.69, 9.17) is 19.3 Å². The van der Waals surface area contributed by atoms with Crippen LogP contribution in [-0.2, 0) is 14.2 Å². The van der Waals surface area contributed by atoms with Crippen LogP contribution in [0.2, 0.25) is 0 Å². The van der Waals surface area contributed by atoms with E-state index in [0.717, 1.165) is 32.4 Å². The molecule has 1 heterocycles. The van der Waals surface area contributed by atoms with E-state index in [1.54, 1.807) is 0 Å². The van der Waals surface area contributed by atoms with Gasteiger partial charge in [-0.1, -0.05) is 0 Å². The van der Waals surface area contributed by atoms with Gasteiger partial charge < -0.3 is 24.2 Å². The van der Waals surface area contributed by atoms with E-state index in [2.05, 4.69) is 0 Å². The molecule has 0 saturated carbocycles. The van der Waals surface area contributed by atoms with Crippen molar-refractivity contribution >= 4 is 6.09 Å². The molecule has 6 nitrogen and oxygen atoms in total. The third-order valence-electron chi connectivity index (χ3n) is 3.45. The first-order chi connectivity index (χ1) is 10.4. The van der Waals surface area contributed by atoms with Crippen molar-refractivity contribution in [2.45, 2.75) is 45.6 Å². The molecule has 1 aliphatic rings. The standard InChI is InChI=1S/C16H31NO5/c1-16(2,3)22-15(19)17-7-4-5-14(13-17)6-9-20-11-12-21-10-8-18/h14,18H,4-13H2,1-3H3/t14-/m0/s1. The zero-order valence-corrected chi connectivity index (χ0v) is 14.2. The molecule has 1 saturated heterocycles. The lowest BCUT2D eigenvalue weighted by molar-refractivity contribution is 0.00981. The molecule has 0 aromatic rings. The van der Waals surface area contributed by atoms with Crippen molar-refractivity contribution in [3.63, 3.8) is 0 Å². The first-order valence-corrected chi connectivity index (χ1v) is 8.16. The maximum Gasteiger partial charge on any atom is 0.410 e. The Morgan fingerprint density at radius 3 is 2.50 bits per heavy atom. The molecule has 0 aliphatic carbocycles. The van der Waals surface area contributed by atoms with E-state index >= 15 is 0 Å². The number of aliphatic hydroxyl groups excluding tert-OH is 1. The number of hydrogen-bond acceptors (Lipinski definition) is 5. The van der Waals surface area contributed by atoms with Crippen molar-refractivity contribution in [2.75, 3.05) is 46.1 Å². The van der Waals surface area contributed by atoms with Crippen molar-refractivity contribution < 1.29 is 24.1 Å². The zero-order valence-electron chi connectivity index (χ0n) is 14.2. The quantitative estimate of drug-likeness (QED) is 0.694. The number of piperidine rings is 1. The van der Waals surface area contributed by atoms with Crippen LogP contribution in [0.15, 0.2) is 0 Å². The van der Waals surface area contributed by atoms with E-state index in [-0.39, 0.29) is 12.7 Å². The fraction of sp³-hybridized carbons (Fsp3) is 0.938. The monoisotopic (exact) mass is 317 g/mol. The highest BCUT2D eigenvalue weighted by molar-refractivity contribution is 5.68. The Hall–Kier alpha value is -0.850. The Kier molecular flexibility index (Phi) is 8.75. The van der Waals surface area contributed by atoms with Gasteiger partial charge in [-0.2, -0.15) is 0 Å². The van der Waals surface area contributed by atoms with Crippen molar-refractivity contribution in [1.82, 2.24) is 4.90 Å². The van der Waals surface area contributed by atoms with E-state index in [9.17, 15) is 4.79 Å². The molecule has 0 bridgehead atoms. The van der Waals surface area contributed by atoms with Gasteiger partial charge in [-0.3, -0.25) is 0 Å². The lowest BCUT2D eigenvalue weighted by atomic mass is 9.95. The Bertz CT molecular complexity index is 316. The molecule has 0 aromatic carbocycles. The largest absolute Gasteiger partial charge is 0.444 e. The number of nitrogens with zero attached hydrogens (tertiary/aromatic N) is 1. The van der Waals surface area contributed by atoms with Crippen LogP contribution >= 0.6 is 0 Å². The maximum absolute atomic E-state index is 12.1. The van der Waals surface area contributed by atoms with Crippen LogP contribution in [0.5, 0.6) is 0 Å². The summed E-state index contributed by atoms with van der Waals surface area (Å²) in [5.74, 6) is 0.472. The van der Waals surface area contributed by atoms with Crippen LogP contribution in [0.3, 0.4) is 0 Å². The number of carbonyl (C=O) groups is 1. The summed E-state index contributed by atoms with van der Waals surface area (Å²) in [5.41, 5.74) is -0.443. The smallest absolute Gasteiger partial charge is 0.410 e. The predicted molar refractivity (Wildman–Crippen MR) is 83.9 cm³/mol. The lowest BCUT2D eigenvalue weighted by Crippen LogP contribution is -2.43. The third-order valence-corrected chi connectivity index (χ3v) is 3.45. The van der Waals surface area contributed by atoms with Crippen LogP contribution in [0.1, 0.15) is 40.0 Å². The van der Waals surface area contributed by atoms with Gasteiger partial charge in [0, 0.05) is 19.7 Å². The number of likely N-dealkylation sites (tertiary alicyclic amines) is 1. The highest BCUT2D eigenvalue weighted by Crippen LogP contribution is 2.21. The summed E-state index contributed by atoms with van der Waals surface area (Å²) in [6.07, 6.45) is 2.88. The molecule has 6 heteroatoms.